The molecule has 0 radical (unpaired) electrons. The van der Waals surface area contributed by atoms with Crippen LogP contribution in [0.3, 0.4) is 0 Å². The van der Waals surface area contributed by atoms with E-state index < -0.39 is 17.3 Å². The minimum absolute atomic E-state index is 0. The van der Waals surface area contributed by atoms with Crippen LogP contribution < -0.4 is 16.4 Å². The van der Waals surface area contributed by atoms with Gasteiger partial charge in [-0.25, -0.2) is 19.6 Å². The summed E-state index contributed by atoms with van der Waals surface area (Å²) < 4.78 is 15.9. The molecule has 2 amide bonds. The fourth-order valence-corrected chi connectivity index (χ4v) is 5.30. The second kappa shape index (κ2) is 30.0. The molecular weight excluding hydrogens is 757 g/mol. The number of aryl methyl sites for hydroxylation is 1. The predicted octanol–water partition coefficient (Wildman–Crippen LogP) is 10.0. The molecule has 0 saturated heterocycles. The average Bonchev–Trinajstić information content (AvgIpc) is 3.86. The molecule has 0 spiro atoms. The molecule has 0 unspecified atom stereocenters. The number of nitrogens with two attached hydrogens (primary N) is 1. The first-order valence-corrected chi connectivity index (χ1v) is 19.8. The number of fused-ring (bicyclic) bond motifs is 2. The monoisotopic (exact) mass is 830 g/mol. The zero-order chi connectivity index (χ0) is 43.3. The van der Waals surface area contributed by atoms with Gasteiger partial charge in [0.15, 0.2) is 0 Å². The minimum atomic E-state index is -0.460. The molecule has 14 heteroatoms. The van der Waals surface area contributed by atoms with Crippen molar-refractivity contribution in [1.29, 1.82) is 0 Å². The Morgan fingerprint density at radius 3 is 2.00 bits per heavy atom. The van der Waals surface area contributed by atoms with Crippen LogP contribution in [0.4, 0.5) is 9.59 Å². The summed E-state index contributed by atoms with van der Waals surface area (Å²) >= 11 is 9.98. The average molecular weight is 830 g/mol. The molecule has 0 fully saturated rings. The second-order valence-electron chi connectivity index (χ2n) is 14.4. The number of amides is 2. The van der Waals surface area contributed by atoms with Gasteiger partial charge >= 0.3 is 12.2 Å². The topological polar surface area (TPSA) is 163 Å². The first-order valence-electron chi connectivity index (χ1n) is 19.9. The Labute approximate surface area is 355 Å². The molecule has 3 aromatic heterocycles. The number of aromatic nitrogens is 3. The number of rotatable bonds is 14. The number of nitrogens with one attached hydrogen (secondary N) is 4. The van der Waals surface area contributed by atoms with Gasteiger partial charge in [0.2, 0.25) is 0 Å². The van der Waals surface area contributed by atoms with Crippen LogP contribution in [0, 0.1) is 0 Å². The minimum Gasteiger partial charge on any atom is -0.444 e. The van der Waals surface area contributed by atoms with Gasteiger partial charge in [-0.15, -0.1) is 0 Å². The van der Waals surface area contributed by atoms with Crippen LogP contribution in [0.15, 0.2) is 60.0 Å². The quantitative estimate of drug-likeness (QED) is 0.0473. The van der Waals surface area contributed by atoms with Crippen LogP contribution in [-0.4, -0.2) is 92.5 Å². The molecule has 4 rings (SSSR count). The molecular formula is C43H72N8O4S2. The van der Waals surface area contributed by atoms with E-state index in [2.05, 4.69) is 97.9 Å². The molecule has 0 aliphatic heterocycles. The van der Waals surface area contributed by atoms with Gasteiger partial charge in [-0.05, 0) is 139 Å². The third kappa shape index (κ3) is 24.9. The van der Waals surface area contributed by atoms with Crippen molar-refractivity contribution in [2.45, 2.75) is 121 Å². The Morgan fingerprint density at radius 1 is 0.877 bits per heavy atom. The second-order valence-corrected chi connectivity index (χ2v) is 15.1. The number of thiocarbonyl (C=S) groups is 2. The number of hydrogen-bond donors (Lipinski definition) is 5. The Bertz CT molecular complexity index is 1750. The molecule has 4 aromatic rings. The van der Waals surface area contributed by atoms with E-state index in [1.54, 1.807) is 6.20 Å². The first kappa shape index (κ1) is 52.8. The largest absolute Gasteiger partial charge is 0.444 e. The Morgan fingerprint density at radius 2 is 1.46 bits per heavy atom. The van der Waals surface area contributed by atoms with Crippen molar-refractivity contribution >= 4 is 68.6 Å². The number of alkyl carbamates (subject to hydrolysis) is 2. The predicted molar refractivity (Wildman–Crippen MR) is 248 cm³/mol. The van der Waals surface area contributed by atoms with Crippen LogP contribution in [0.25, 0.3) is 21.9 Å². The maximum atomic E-state index is 11.5. The lowest BCUT2D eigenvalue weighted by Crippen LogP contribution is -2.35. The van der Waals surface area contributed by atoms with Crippen LogP contribution in [0.2, 0.25) is 0 Å². The molecule has 0 atom stereocenters. The number of aliphatic imine (C=N–C) groups is 1. The van der Waals surface area contributed by atoms with E-state index in [4.69, 9.17) is 28.8 Å². The van der Waals surface area contributed by atoms with E-state index in [1.165, 1.54) is 43.5 Å². The standard InChI is InChI=1S/C19H26N2O2S.C9H7N3S.C7H16N2O2.C6H15N.2CH4/c1-19(2,3)23-18(22)21-12-5-7-15(24)10-9-14-6-4-8-17-16(14)11-13-20-17;13-6-10-5-7-1-3-11-9-8(7)2-4-12-9;1-7(2,3)11-6(10)9-5-4-8;1-4-7(5-2)6-3;;/h4,6,8,11,13,20H,5,7,9-10,12H2,1-3H3,(H,21,22);1-4H,5H2,(H,11,12);4-5,8H2,1-3H3,(H,9,10);4-6H2,1-3H3;2*1H4/i;;;;1D;. The number of H-pyrrole nitrogens is 2. The molecule has 3 heterocycles. The van der Waals surface area contributed by atoms with Crippen LogP contribution in [0.5, 0.6) is 0 Å². The van der Waals surface area contributed by atoms with Crippen molar-refractivity contribution in [3.63, 3.8) is 0 Å². The van der Waals surface area contributed by atoms with Crippen molar-refractivity contribution in [3.8, 4) is 0 Å². The molecule has 0 aliphatic rings. The van der Waals surface area contributed by atoms with Gasteiger partial charge in [0.25, 0.3) is 0 Å². The summed E-state index contributed by atoms with van der Waals surface area (Å²) in [6, 6.07) is 12.3. The van der Waals surface area contributed by atoms with E-state index in [1.807, 2.05) is 66.1 Å². The van der Waals surface area contributed by atoms with Gasteiger partial charge in [-0.1, -0.05) is 60.0 Å². The first-order chi connectivity index (χ1) is 27.1. The van der Waals surface area contributed by atoms with E-state index in [-0.39, 0.29) is 13.5 Å². The number of ether oxygens (including phenoxy) is 2. The van der Waals surface area contributed by atoms with Crippen molar-refractivity contribution in [3.05, 3.63) is 66.1 Å². The molecule has 57 heavy (non-hydrogen) atoms. The number of benzene rings is 1. The molecule has 12 nitrogen and oxygen atoms in total. The van der Waals surface area contributed by atoms with Crippen LogP contribution in [0.1, 0.15) is 109 Å². The van der Waals surface area contributed by atoms with Gasteiger partial charge < -0.3 is 40.7 Å². The Balaban J connectivity index is 0. The summed E-state index contributed by atoms with van der Waals surface area (Å²) in [4.78, 5) is 40.1. The van der Waals surface area contributed by atoms with Gasteiger partial charge in [0.05, 0.1) is 11.7 Å². The van der Waals surface area contributed by atoms with Gasteiger partial charge in [0, 0.05) is 55.9 Å². The highest BCUT2D eigenvalue weighted by Crippen LogP contribution is 2.19. The fourth-order valence-electron chi connectivity index (χ4n) is 4.99. The zero-order valence-corrected chi connectivity index (χ0v) is 37.0. The number of hydrogen-bond acceptors (Lipinski definition) is 10. The number of aromatic amines is 2. The van der Waals surface area contributed by atoms with Crippen molar-refractivity contribution in [2.75, 3.05) is 39.3 Å². The van der Waals surface area contributed by atoms with Crippen LogP contribution >= 0.6 is 24.4 Å². The van der Waals surface area contributed by atoms with Gasteiger partial charge in [-0.2, -0.15) is 0 Å². The highest BCUT2D eigenvalue weighted by atomic mass is 32.1. The Hall–Kier alpha value is -4.20. The summed E-state index contributed by atoms with van der Waals surface area (Å²) in [6.45, 7) is 23.2. The number of pyridine rings is 1. The third-order valence-corrected chi connectivity index (χ3v) is 8.22. The summed E-state index contributed by atoms with van der Waals surface area (Å²) in [5.41, 5.74) is 8.77. The molecule has 6 N–H and O–H groups in total. The number of carbonyl (C=O) groups excluding carboxylic acids is 2. The highest BCUT2D eigenvalue weighted by Gasteiger charge is 2.16. The summed E-state index contributed by atoms with van der Waals surface area (Å²) in [7, 11) is 1.25. The third-order valence-electron chi connectivity index (χ3n) is 7.68. The normalized spacial score (nSPS) is 10.6. The van der Waals surface area contributed by atoms with Gasteiger partial charge in [-0.3, -0.25) is 0 Å². The molecule has 320 valence electrons. The molecule has 1 aromatic carbocycles. The summed E-state index contributed by atoms with van der Waals surface area (Å²) in [5, 5.41) is 9.98. The fraction of sp³-hybridized carbons (Fsp3) is 0.558. The molecule has 0 saturated carbocycles. The van der Waals surface area contributed by atoms with Gasteiger partial charge in [0.1, 0.15) is 16.8 Å². The van der Waals surface area contributed by atoms with E-state index in [0.29, 0.717) is 26.2 Å². The summed E-state index contributed by atoms with van der Waals surface area (Å²) in [5.74, 6) is 0. The van der Waals surface area contributed by atoms with Crippen molar-refractivity contribution in [1.82, 2.24) is 30.5 Å². The lowest BCUT2D eigenvalue weighted by Gasteiger charge is -2.19. The van der Waals surface area contributed by atoms with Crippen molar-refractivity contribution < 1.29 is 20.4 Å². The SMILES string of the molecule is C.CC(C)(C)OC(=O)NCCCC(=S)CCc1cccc2[nH]ccc12.CC(C)(C)OC(=O)NCCN.CCN(CC)CC.S=C=NCc1ccnc2[nH]ccc12.[2H]C. The van der Waals surface area contributed by atoms with E-state index >= 15 is 0 Å². The number of carbonyl (C=O) groups is 2. The number of isothiocyanates is 1. The lowest BCUT2D eigenvalue weighted by molar-refractivity contribution is 0.0517. The maximum absolute atomic E-state index is 11.5. The van der Waals surface area contributed by atoms with Crippen molar-refractivity contribution in [2.24, 2.45) is 10.7 Å². The maximum Gasteiger partial charge on any atom is 0.407 e. The smallest absolute Gasteiger partial charge is 0.407 e. The van der Waals surface area contributed by atoms with E-state index in [9.17, 15) is 9.59 Å². The Kier molecular flexibility index (Phi) is 27.8. The summed E-state index contributed by atoms with van der Waals surface area (Å²) in [6.07, 6.45) is 8.33. The van der Waals surface area contributed by atoms with Crippen LogP contribution in [-0.2, 0) is 22.4 Å². The van der Waals surface area contributed by atoms with E-state index in [0.717, 1.165) is 47.1 Å². The lowest BCUT2D eigenvalue weighted by atomic mass is 10.0. The molecule has 0 bridgehead atoms. The highest BCUT2D eigenvalue weighted by molar-refractivity contribution is 7.80. The zero-order valence-electron chi connectivity index (χ0n) is 36.3. The number of nitrogens with zero attached hydrogens (tertiary/aromatic N) is 3. The molecule has 0 aliphatic carbocycles.